The number of piperidine rings is 1. The summed E-state index contributed by atoms with van der Waals surface area (Å²) in [6, 6.07) is 5.81. The first kappa shape index (κ1) is 16.1. The Bertz CT molecular complexity index is 553. The van der Waals surface area contributed by atoms with Crippen LogP contribution >= 0.6 is 0 Å². The minimum atomic E-state index is -0.0737. The van der Waals surface area contributed by atoms with Crippen LogP contribution in [0.1, 0.15) is 18.4 Å². The molecule has 5 nitrogen and oxygen atoms in total. The summed E-state index contributed by atoms with van der Waals surface area (Å²) in [7, 11) is 3.64. The second kappa shape index (κ2) is 7.21. The molecule has 1 saturated heterocycles. The van der Waals surface area contributed by atoms with Crippen LogP contribution in [-0.2, 0) is 11.2 Å². The highest BCUT2D eigenvalue weighted by atomic mass is 16.5. The number of rotatable bonds is 4. The third-order valence-electron chi connectivity index (χ3n) is 4.94. The van der Waals surface area contributed by atoms with Gasteiger partial charge in [-0.05, 0) is 62.5 Å². The van der Waals surface area contributed by atoms with Gasteiger partial charge in [0, 0.05) is 13.1 Å². The maximum absolute atomic E-state index is 12.8. The van der Waals surface area contributed by atoms with Crippen molar-refractivity contribution in [1.82, 2.24) is 10.2 Å². The lowest BCUT2D eigenvalue weighted by Gasteiger charge is -2.35. The zero-order valence-corrected chi connectivity index (χ0v) is 14.0. The third kappa shape index (κ3) is 3.61. The van der Waals surface area contributed by atoms with Crippen molar-refractivity contribution in [1.29, 1.82) is 0 Å². The summed E-state index contributed by atoms with van der Waals surface area (Å²) in [6.45, 7) is 3.26. The number of fused-ring (bicyclic) bond motifs is 1. The molecular formula is C18H26N2O3. The van der Waals surface area contributed by atoms with Crippen molar-refractivity contribution in [2.45, 2.75) is 19.3 Å². The van der Waals surface area contributed by atoms with Crippen molar-refractivity contribution >= 4 is 5.91 Å². The van der Waals surface area contributed by atoms with Gasteiger partial charge in [-0.15, -0.1) is 0 Å². The number of likely N-dealkylation sites (tertiary alicyclic amines) is 1. The van der Waals surface area contributed by atoms with Gasteiger partial charge in [0.1, 0.15) is 18.1 Å². The number of nitrogens with one attached hydrogen (secondary N) is 1. The zero-order chi connectivity index (χ0) is 16.2. The molecular weight excluding hydrogens is 292 g/mol. The molecule has 1 N–H and O–H groups in total. The molecule has 0 spiro atoms. The number of amides is 1. The van der Waals surface area contributed by atoms with Crippen LogP contribution in [0.2, 0.25) is 0 Å². The molecule has 1 aromatic rings. The fourth-order valence-electron chi connectivity index (χ4n) is 3.56. The second-order valence-corrected chi connectivity index (χ2v) is 6.51. The van der Waals surface area contributed by atoms with Gasteiger partial charge >= 0.3 is 0 Å². The third-order valence-corrected chi connectivity index (χ3v) is 4.94. The fraction of sp³-hybridized carbons (Fsp3) is 0.611. The van der Waals surface area contributed by atoms with Crippen LogP contribution in [0.3, 0.4) is 0 Å². The van der Waals surface area contributed by atoms with Crippen LogP contribution in [0.25, 0.3) is 0 Å². The molecule has 126 valence electrons. The molecule has 0 radical (unpaired) electrons. The molecule has 1 aromatic carbocycles. The van der Waals surface area contributed by atoms with E-state index in [1.807, 2.05) is 30.1 Å². The Hall–Kier alpha value is -1.75. The van der Waals surface area contributed by atoms with Crippen LogP contribution < -0.4 is 14.8 Å². The molecule has 0 aromatic heterocycles. The normalized spacial score (nSPS) is 21.5. The minimum Gasteiger partial charge on any atom is -0.497 e. The first-order chi connectivity index (χ1) is 11.2. The standard InChI is InChI=1S/C18H26N2O3/c1-19-11-13-5-7-20(8-6-13)18(21)15-9-14-10-16(22-2)3-4-17(14)23-12-15/h3-4,10,13,15,19H,5-9,11-12H2,1-2H3. The van der Waals surface area contributed by atoms with E-state index in [1.165, 1.54) is 0 Å². The lowest BCUT2D eigenvalue weighted by Crippen LogP contribution is -2.45. The molecule has 1 amide bonds. The van der Waals surface area contributed by atoms with Gasteiger partial charge in [0.15, 0.2) is 0 Å². The maximum Gasteiger partial charge on any atom is 0.229 e. The Morgan fingerprint density at radius 2 is 2.17 bits per heavy atom. The SMILES string of the molecule is CNCC1CCN(C(=O)C2COc3ccc(OC)cc3C2)CC1. The van der Waals surface area contributed by atoms with E-state index in [0.29, 0.717) is 12.5 Å². The number of nitrogens with zero attached hydrogens (tertiary/aromatic N) is 1. The summed E-state index contributed by atoms with van der Waals surface area (Å²) >= 11 is 0. The van der Waals surface area contributed by atoms with Crippen molar-refractivity contribution in [3.05, 3.63) is 23.8 Å². The minimum absolute atomic E-state index is 0.0737. The van der Waals surface area contributed by atoms with Gasteiger partial charge in [-0.2, -0.15) is 0 Å². The highest BCUT2D eigenvalue weighted by Crippen LogP contribution is 2.31. The molecule has 2 aliphatic heterocycles. The molecule has 5 heteroatoms. The quantitative estimate of drug-likeness (QED) is 0.918. The summed E-state index contributed by atoms with van der Waals surface area (Å²) in [5, 5.41) is 3.23. The Morgan fingerprint density at radius 3 is 2.87 bits per heavy atom. The Balaban J connectivity index is 1.61. The first-order valence-electron chi connectivity index (χ1n) is 8.44. The number of carbonyl (C=O) groups excluding carboxylic acids is 1. The molecule has 1 atom stereocenters. The van der Waals surface area contributed by atoms with Crippen molar-refractivity contribution < 1.29 is 14.3 Å². The van der Waals surface area contributed by atoms with E-state index in [4.69, 9.17) is 9.47 Å². The molecule has 2 heterocycles. The highest BCUT2D eigenvalue weighted by Gasteiger charge is 2.31. The van der Waals surface area contributed by atoms with E-state index in [-0.39, 0.29) is 11.8 Å². The predicted octanol–water partition coefficient (Wildman–Crippen LogP) is 1.70. The predicted molar refractivity (Wildman–Crippen MR) is 88.9 cm³/mol. The summed E-state index contributed by atoms with van der Waals surface area (Å²) < 4.78 is 11.1. The van der Waals surface area contributed by atoms with E-state index >= 15 is 0 Å². The first-order valence-corrected chi connectivity index (χ1v) is 8.44. The molecule has 0 bridgehead atoms. The van der Waals surface area contributed by atoms with Crippen molar-refractivity contribution in [3.8, 4) is 11.5 Å². The lowest BCUT2D eigenvalue weighted by atomic mass is 9.92. The van der Waals surface area contributed by atoms with E-state index in [9.17, 15) is 4.79 Å². The smallest absolute Gasteiger partial charge is 0.229 e. The van der Waals surface area contributed by atoms with E-state index in [2.05, 4.69) is 5.32 Å². The average molecular weight is 318 g/mol. The summed E-state index contributed by atoms with van der Waals surface area (Å²) in [4.78, 5) is 14.8. The number of hydrogen-bond donors (Lipinski definition) is 1. The molecule has 0 aliphatic carbocycles. The number of hydrogen-bond acceptors (Lipinski definition) is 4. The van der Waals surface area contributed by atoms with Gasteiger partial charge < -0.3 is 19.7 Å². The van der Waals surface area contributed by atoms with E-state index < -0.39 is 0 Å². The number of methoxy groups -OCH3 is 1. The Labute approximate surface area is 137 Å². The highest BCUT2D eigenvalue weighted by molar-refractivity contribution is 5.80. The van der Waals surface area contributed by atoms with Crippen LogP contribution in [0.4, 0.5) is 0 Å². The van der Waals surface area contributed by atoms with Gasteiger partial charge in [-0.25, -0.2) is 0 Å². The zero-order valence-electron chi connectivity index (χ0n) is 14.0. The Kier molecular flexibility index (Phi) is 5.06. The van der Waals surface area contributed by atoms with Gasteiger partial charge in [0.25, 0.3) is 0 Å². The summed E-state index contributed by atoms with van der Waals surface area (Å²) in [5.74, 6) is 2.55. The van der Waals surface area contributed by atoms with Gasteiger partial charge in [0.05, 0.1) is 13.0 Å². The molecule has 1 unspecified atom stereocenters. The lowest BCUT2D eigenvalue weighted by molar-refractivity contribution is -0.138. The number of ether oxygens (including phenoxy) is 2. The van der Waals surface area contributed by atoms with Gasteiger partial charge in [-0.1, -0.05) is 0 Å². The van der Waals surface area contributed by atoms with E-state index in [0.717, 1.165) is 56.0 Å². The van der Waals surface area contributed by atoms with Gasteiger partial charge in [-0.3, -0.25) is 4.79 Å². The monoisotopic (exact) mass is 318 g/mol. The van der Waals surface area contributed by atoms with Crippen molar-refractivity contribution in [2.24, 2.45) is 11.8 Å². The molecule has 3 rings (SSSR count). The van der Waals surface area contributed by atoms with E-state index in [1.54, 1.807) is 7.11 Å². The Morgan fingerprint density at radius 1 is 1.39 bits per heavy atom. The van der Waals surface area contributed by atoms with Crippen molar-refractivity contribution in [3.63, 3.8) is 0 Å². The van der Waals surface area contributed by atoms with Crippen LogP contribution in [-0.4, -0.2) is 51.2 Å². The number of carbonyl (C=O) groups is 1. The summed E-state index contributed by atoms with van der Waals surface area (Å²) in [5.41, 5.74) is 1.07. The van der Waals surface area contributed by atoms with Gasteiger partial charge in [0.2, 0.25) is 5.91 Å². The molecule has 23 heavy (non-hydrogen) atoms. The molecule has 2 aliphatic rings. The van der Waals surface area contributed by atoms with Crippen molar-refractivity contribution in [2.75, 3.05) is 40.4 Å². The maximum atomic E-state index is 12.8. The number of benzene rings is 1. The molecule has 1 fully saturated rings. The average Bonchev–Trinajstić information content (AvgIpc) is 2.61. The fourth-order valence-corrected chi connectivity index (χ4v) is 3.56. The van der Waals surface area contributed by atoms with Crippen LogP contribution in [0.15, 0.2) is 18.2 Å². The molecule has 0 saturated carbocycles. The van der Waals surface area contributed by atoms with Crippen LogP contribution in [0, 0.1) is 11.8 Å². The second-order valence-electron chi connectivity index (χ2n) is 6.51. The summed E-state index contributed by atoms with van der Waals surface area (Å²) in [6.07, 6.45) is 2.91. The topological polar surface area (TPSA) is 50.8 Å². The largest absolute Gasteiger partial charge is 0.497 e. The van der Waals surface area contributed by atoms with Crippen LogP contribution in [0.5, 0.6) is 11.5 Å².